The Kier molecular flexibility index (Phi) is 38.2. The summed E-state index contributed by atoms with van der Waals surface area (Å²) in [5, 5.41) is 0. The van der Waals surface area contributed by atoms with Gasteiger partial charge in [0.05, 0.1) is 0 Å². The predicted molar refractivity (Wildman–Crippen MR) is 587 cm³/mol. The molecule has 0 unspecified atom stereocenters. The van der Waals surface area contributed by atoms with Gasteiger partial charge in [-0.15, -0.1) is 0 Å². The summed E-state index contributed by atoms with van der Waals surface area (Å²) in [5.74, 6) is 0. The summed E-state index contributed by atoms with van der Waals surface area (Å²) in [4.78, 5) is 0. The lowest BCUT2D eigenvalue weighted by atomic mass is 9.96. The van der Waals surface area contributed by atoms with E-state index in [1.807, 2.05) is 223 Å². The molecule has 0 saturated heterocycles. The molecule has 0 aliphatic heterocycles. The molecule has 0 amide bonds. The first kappa shape index (κ1) is 103. The smallest absolute Gasteiger partial charge is 0.0373 e. The van der Waals surface area contributed by atoms with Gasteiger partial charge in [0.15, 0.2) is 0 Å². The zero-order chi connectivity index (χ0) is 98.1. The van der Waals surface area contributed by atoms with Crippen molar-refractivity contribution in [3.8, 4) is 0 Å². The van der Waals surface area contributed by atoms with E-state index >= 15 is 0 Å². The molecule has 135 heavy (non-hydrogen) atoms. The molecule has 16 heteroatoms. The highest BCUT2D eigenvalue weighted by Crippen LogP contribution is 2.29. The van der Waals surface area contributed by atoms with Gasteiger partial charge < -0.3 is 91.7 Å². The van der Waals surface area contributed by atoms with E-state index in [-0.39, 0.29) is 0 Å². The molecule has 32 N–H and O–H groups in total. The lowest BCUT2D eigenvalue weighted by molar-refractivity contribution is 0.940. The molecule has 0 aliphatic carbocycles. The molecule has 0 aliphatic rings. The van der Waals surface area contributed by atoms with Gasteiger partial charge in [-0.25, -0.2) is 0 Å². The molecule has 16 aromatic rings. The summed E-state index contributed by atoms with van der Waals surface area (Å²) < 4.78 is 0. The first-order chi connectivity index (χ1) is 64.2. The topological polar surface area (TPSA) is 416 Å². The van der Waals surface area contributed by atoms with Crippen LogP contribution in [0.5, 0.6) is 0 Å². The molecule has 16 aromatic carbocycles. The minimum Gasteiger partial charge on any atom is -0.399 e. The molecule has 0 spiro atoms. The third kappa shape index (κ3) is 33.9. The predicted octanol–water partition coefficient (Wildman–Crippen LogP) is 23.9. The Labute approximate surface area is 802 Å². The maximum Gasteiger partial charge on any atom is 0.0373 e. The van der Waals surface area contributed by atoms with E-state index < -0.39 is 0 Å². The lowest BCUT2D eigenvalue weighted by Crippen LogP contribution is -1.99. The van der Waals surface area contributed by atoms with Crippen LogP contribution in [0, 0.1) is 90.0 Å². The maximum absolute atomic E-state index is 6.00. The summed E-state index contributed by atoms with van der Waals surface area (Å²) >= 11 is 0. The molecule has 698 valence electrons. The van der Waals surface area contributed by atoms with Gasteiger partial charge in [0, 0.05) is 91.0 Å². The zero-order valence-electron chi connectivity index (χ0n) is 81.3. The van der Waals surface area contributed by atoms with Gasteiger partial charge >= 0.3 is 0 Å². The van der Waals surface area contributed by atoms with Crippen LogP contribution >= 0.6 is 0 Å². The van der Waals surface area contributed by atoms with Crippen molar-refractivity contribution in [2.45, 2.75) is 154 Å². The van der Waals surface area contributed by atoms with Crippen molar-refractivity contribution >= 4 is 91.0 Å². The summed E-state index contributed by atoms with van der Waals surface area (Å²) in [6.07, 6.45) is 9.59. The summed E-state index contributed by atoms with van der Waals surface area (Å²) in [6, 6.07) is 104. The van der Waals surface area contributed by atoms with Crippen LogP contribution in [-0.2, 0) is 64.2 Å². The molecule has 0 heterocycles. The van der Waals surface area contributed by atoms with Crippen LogP contribution < -0.4 is 91.7 Å². The minimum absolute atomic E-state index is 0.798. The average Bonchev–Trinajstić information content (AvgIpc) is 0.835. The zero-order valence-corrected chi connectivity index (χ0v) is 81.3. The highest BCUT2D eigenvalue weighted by molar-refractivity contribution is 5.61. The normalized spacial score (nSPS) is 10.4. The van der Waals surface area contributed by atoms with Crippen LogP contribution in [-0.4, -0.2) is 0 Å². The largest absolute Gasteiger partial charge is 0.399 e. The highest BCUT2D eigenvalue weighted by atomic mass is 14.6. The second-order valence-electron chi connectivity index (χ2n) is 35.8. The van der Waals surface area contributed by atoms with Gasteiger partial charge in [0.1, 0.15) is 0 Å². The maximum atomic E-state index is 6.00. The number of hydrogen-bond acceptors (Lipinski definition) is 16. The van der Waals surface area contributed by atoms with Gasteiger partial charge in [0.2, 0.25) is 0 Å². The molecule has 0 fully saturated rings. The van der Waals surface area contributed by atoms with Crippen LogP contribution in [0.1, 0.15) is 161 Å². The van der Waals surface area contributed by atoms with Crippen LogP contribution in [0.3, 0.4) is 0 Å². The summed E-state index contributed by atoms with van der Waals surface area (Å²) in [5.41, 5.74) is 142. The van der Waals surface area contributed by atoms with Crippen molar-refractivity contribution in [3.05, 3.63) is 471 Å². The van der Waals surface area contributed by atoms with Crippen molar-refractivity contribution in [2.24, 2.45) is 0 Å². The number of benzene rings is 16. The molecule has 0 aromatic heterocycles. The number of nitrogens with two attached hydrogens (primary N) is 16. The number of rotatable bonds is 18. The molecule has 16 nitrogen and oxygen atoms in total. The Hall–Kier alpha value is -15.7. The number of nitrogen functional groups attached to an aromatic ring is 16. The van der Waals surface area contributed by atoms with E-state index in [1.165, 1.54) is 111 Å². The van der Waals surface area contributed by atoms with Gasteiger partial charge in [-0.1, -0.05) is 170 Å². The Bertz CT molecular complexity index is 6250. The molecular weight excluding hydrogens is 1650 g/mol. The van der Waals surface area contributed by atoms with E-state index in [2.05, 4.69) is 177 Å². The van der Waals surface area contributed by atoms with Gasteiger partial charge in [0.25, 0.3) is 0 Å². The van der Waals surface area contributed by atoms with Crippen LogP contribution in [0.15, 0.2) is 309 Å². The minimum atomic E-state index is 0.798. The van der Waals surface area contributed by atoms with E-state index in [1.54, 1.807) is 0 Å². The fourth-order valence-electron chi connectivity index (χ4n) is 15.7. The van der Waals surface area contributed by atoms with Gasteiger partial charge in [-0.05, 0) is 455 Å². The fraction of sp³-hybridized carbons (Fsp3) is 0.193. The van der Waals surface area contributed by atoms with Crippen molar-refractivity contribution in [3.63, 3.8) is 0 Å². The van der Waals surface area contributed by atoms with Crippen molar-refractivity contribution < 1.29 is 0 Å². The average molecular weight is 1800 g/mol. The Morgan fingerprint density at radius 2 is 0.363 bits per heavy atom. The standard InChI is InChI=1S/C17H22N2.2C16H20N2.2C15H18N2.C14H16N2.2C13H14N2/c1-10-5-14(6-11(2)16(10)18)9-15-7-12(3)17(19)13(4)8-15;1-11-9-15(17)7-5-13(11)3-4-14-6-8-16(18)10-12(14)2;1-11-9-13(5-7-15(11)17)3-4-14-6-8-16(18)12(2)10-14;1-10-7-14(16)5-3-12(10)9-13-4-6-15(17)8-11(13)2;1-10-7-12(3-5-14(10)16)9-13-4-6-15(17)11(2)8-13;1-10-5-6-12(9-14(10)16)7-11-3-2-4-13(15)8-11;14-12-5-1-10(2-6-12)9-11-3-7-13(15)8-4-11;14-12-6-4-10(5-7-12)8-11-2-1-3-13(15)9-11/h5-8H,9,18-19H2,1-4H3;2*5-10H,3-4,17-18H2,1-2H3;2*3-8H,9,16-17H2,1-2H3;2-6,8-9H,7,15-16H2,1H3;1-8H,9,14-15H2;1-7,9H,8,14-15H2. The van der Waals surface area contributed by atoms with Gasteiger partial charge in [-0.2, -0.15) is 0 Å². The van der Waals surface area contributed by atoms with Crippen LogP contribution in [0.25, 0.3) is 0 Å². The fourth-order valence-corrected chi connectivity index (χ4v) is 15.7. The summed E-state index contributed by atoms with van der Waals surface area (Å²) in [6.45, 7) is 26.8. The number of hydrogen-bond donors (Lipinski definition) is 16. The summed E-state index contributed by atoms with van der Waals surface area (Å²) in [7, 11) is 0. The second-order valence-corrected chi connectivity index (χ2v) is 35.8. The highest BCUT2D eigenvalue weighted by Gasteiger charge is 2.12. The molecule has 16 rings (SSSR count). The van der Waals surface area contributed by atoms with Crippen molar-refractivity contribution in [2.75, 3.05) is 91.7 Å². The molecule has 0 atom stereocenters. The Morgan fingerprint density at radius 3 is 0.659 bits per heavy atom. The van der Waals surface area contributed by atoms with E-state index in [9.17, 15) is 0 Å². The van der Waals surface area contributed by atoms with Crippen LogP contribution in [0.2, 0.25) is 0 Å². The number of aryl methyl sites for hydroxylation is 17. The van der Waals surface area contributed by atoms with Crippen molar-refractivity contribution in [1.29, 1.82) is 0 Å². The van der Waals surface area contributed by atoms with E-state index in [4.69, 9.17) is 91.7 Å². The number of anilines is 16. The molecule has 0 radical (unpaired) electrons. The first-order valence-corrected chi connectivity index (χ1v) is 45.8. The molecular formula is C119H142N16. The SMILES string of the molecule is Cc1cc(CCc2ccc(N)c(C)c2)ccc1N.Cc1cc(Cc2cc(C)c(N)c(C)c2)cc(C)c1N.Cc1cc(Cc2ccc(N)c(C)c2)ccc1N.Cc1cc(N)ccc1CCc1ccc(N)cc1C.Cc1cc(N)ccc1Cc1ccc(N)cc1C.Cc1ccc(Cc2cccc(N)c2)cc1N.Nc1ccc(Cc2ccc(N)cc2)cc1.Nc1ccc(Cc2cccc(N)c2)cc1. The Morgan fingerprint density at radius 1 is 0.133 bits per heavy atom. The Balaban J connectivity index is 0.000000173. The van der Waals surface area contributed by atoms with E-state index in [0.29, 0.717) is 0 Å². The van der Waals surface area contributed by atoms with Crippen LogP contribution in [0.4, 0.5) is 91.0 Å². The van der Waals surface area contributed by atoms with E-state index in [0.717, 1.165) is 205 Å². The molecule has 0 saturated carbocycles. The van der Waals surface area contributed by atoms with Crippen molar-refractivity contribution in [1.82, 2.24) is 0 Å². The lowest BCUT2D eigenvalue weighted by Gasteiger charge is -2.11. The molecule has 0 bridgehead atoms. The van der Waals surface area contributed by atoms with Gasteiger partial charge in [-0.3, -0.25) is 0 Å². The third-order valence-corrected chi connectivity index (χ3v) is 24.1. The quantitative estimate of drug-likeness (QED) is 0.0355. The third-order valence-electron chi connectivity index (χ3n) is 24.1. The monoisotopic (exact) mass is 1800 g/mol. The first-order valence-electron chi connectivity index (χ1n) is 45.8. The second kappa shape index (κ2) is 50.1.